The zero-order chi connectivity index (χ0) is 25.5. The number of nitrogens with one attached hydrogen (secondary N) is 1. The van der Waals surface area contributed by atoms with Crippen LogP contribution in [-0.2, 0) is 10.8 Å². The van der Waals surface area contributed by atoms with Gasteiger partial charge < -0.3 is 5.32 Å². The van der Waals surface area contributed by atoms with Gasteiger partial charge >= 0.3 is 0 Å². The molecule has 182 valence electrons. The summed E-state index contributed by atoms with van der Waals surface area (Å²) >= 11 is 1.80. The first-order chi connectivity index (χ1) is 17.1. The van der Waals surface area contributed by atoms with Crippen LogP contribution in [0.2, 0.25) is 0 Å². The van der Waals surface area contributed by atoms with Gasteiger partial charge in [-0.25, -0.2) is 0 Å². The second-order valence-electron chi connectivity index (χ2n) is 11.7. The molecule has 5 aromatic rings. The number of thiophene rings is 1. The first-order valence-electron chi connectivity index (χ1n) is 12.7. The number of hydrogen-bond acceptors (Lipinski definition) is 2. The Morgan fingerprint density at radius 1 is 0.583 bits per heavy atom. The van der Waals surface area contributed by atoms with Crippen LogP contribution >= 0.6 is 11.3 Å². The van der Waals surface area contributed by atoms with Crippen molar-refractivity contribution < 1.29 is 0 Å². The van der Waals surface area contributed by atoms with Crippen LogP contribution < -0.4 is 5.32 Å². The lowest BCUT2D eigenvalue weighted by Gasteiger charge is -2.25. The third-order valence-corrected chi connectivity index (χ3v) is 7.84. The van der Waals surface area contributed by atoms with Gasteiger partial charge in [0.05, 0.1) is 11.4 Å². The van der Waals surface area contributed by atoms with Crippen molar-refractivity contribution in [2.24, 2.45) is 0 Å². The fourth-order valence-corrected chi connectivity index (χ4v) is 5.50. The molecule has 0 aliphatic carbocycles. The molecular weight excluding hydrogens is 454 g/mol. The average Bonchev–Trinajstić information content (AvgIpc) is 3.26. The molecule has 1 aromatic heterocycles. The minimum atomic E-state index is 0.0300. The van der Waals surface area contributed by atoms with Crippen molar-refractivity contribution >= 4 is 32.8 Å². The van der Waals surface area contributed by atoms with E-state index >= 15 is 0 Å². The van der Waals surface area contributed by atoms with Crippen LogP contribution in [0.4, 0.5) is 11.4 Å². The second kappa shape index (κ2) is 9.26. The van der Waals surface area contributed by atoms with E-state index in [0.29, 0.717) is 0 Å². The molecule has 1 N–H and O–H groups in total. The summed E-state index contributed by atoms with van der Waals surface area (Å²) in [5, 5.41) is 7.47. The number of fused-ring (bicyclic) bond motifs is 1. The van der Waals surface area contributed by atoms with E-state index in [1.807, 2.05) is 0 Å². The van der Waals surface area contributed by atoms with Crippen molar-refractivity contribution in [1.29, 1.82) is 0 Å². The maximum absolute atomic E-state index is 3.93. The summed E-state index contributed by atoms with van der Waals surface area (Å²) in [6.45, 7) is 13.7. The Morgan fingerprint density at radius 3 is 1.61 bits per heavy atom. The van der Waals surface area contributed by atoms with Gasteiger partial charge in [-0.15, -0.1) is 11.3 Å². The average molecular weight is 490 g/mol. The maximum atomic E-state index is 3.93. The Balaban J connectivity index is 1.77. The van der Waals surface area contributed by atoms with Crippen molar-refractivity contribution in [3.63, 3.8) is 0 Å². The van der Waals surface area contributed by atoms with E-state index in [4.69, 9.17) is 0 Å². The summed E-state index contributed by atoms with van der Waals surface area (Å²) in [6.07, 6.45) is 0. The van der Waals surface area contributed by atoms with Gasteiger partial charge in [-0.1, -0.05) is 108 Å². The van der Waals surface area contributed by atoms with Crippen LogP contribution in [-0.4, -0.2) is 0 Å². The molecule has 5 rings (SSSR count). The summed E-state index contributed by atoms with van der Waals surface area (Å²) in [5.74, 6) is 0. The molecule has 1 heterocycles. The molecule has 0 bridgehead atoms. The standard InChI is InChI=1S/C34H35NS/c1-33(2,3)25-17-18-31-29(19-25)30(22-36-31)35-32-27(23-13-9-7-10-14-23)20-26(34(4,5)6)21-28(32)24-15-11-8-12-16-24/h7-22,35H,1-6H3. The van der Waals surface area contributed by atoms with Gasteiger partial charge in [-0.05, 0) is 57.3 Å². The van der Waals surface area contributed by atoms with Crippen molar-refractivity contribution in [3.05, 3.63) is 108 Å². The first kappa shape index (κ1) is 24.3. The quantitative estimate of drug-likeness (QED) is 0.265. The highest BCUT2D eigenvalue weighted by Crippen LogP contribution is 2.44. The van der Waals surface area contributed by atoms with Crippen LogP contribution in [0.3, 0.4) is 0 Å². The zero-order valence-electron chi connectivity index (χ0n) is 22.1. The minimum absolute atomic E-state index is 0.0300. The Kier molecular flexibility index (Phi) is 6.26. The predicted octanol–water partition coefficient (Wildman–Crippen LogP) is 10.6. The smallest absolute Gasteiger partial charge is 0.0573 e. The molecule has 0 aliphatic heterocycles. The van der Waals surface area contributed by atoms with E-state index in [-0.39, 0.29) is 10.8 Å². The van der Waals surface area contributed by atoms with Crippen LogP contribution in [0.15, 0.2) is 96.4 Å². The molecule has 1 nitrogen and oxygen atoms in total. The van der Waals surface area contributed by atoms with Crippen LogP contribution in [0, 0.1) is 0 Å². The van der Waals surface area contributed by atoms with E-state index in [2.05, 4.69) is 143 Å². The van der Waals surface area contributed by atoms with Gasteiger partial charge in [0.25, 0.3) is 0 Å². The summed E-state index contributed by atoms with van der Waals surface area (Å²) in [5.41, 5.74) is 10.0. The number of anilines is 2. The third kappa shape index (κ3) is 4.83. The molecule has 0 fully saturated rings. The monoisotopic (exact) mass is 489 g/mol. The first-order valence-corrected chi connectivity index (χ1v) is 13.6. The van der Waals surface area contributed by atoms with Crippen molar-refractivity contribution in [2.75, 3.05) is 5.32 Å². The summed E-state index contributed by atoms with van der Waals surface area (Å²) < 4.78 is 1.30. The Labute approximate surface area is 219 Å². The van der Waals surface area contributed by atoms with Gasteiger partial charge in [0, 0.05) is 26.6 Å². The molecule has 4 aromatic carbocycles. The second-order valence-corrected chi connectivity index (χ2v) is 12.6. The Hall–Kier alpha value is -3.36. The normalized spacial score (nSPS) is 12.2. The third-order valence-electron chi connectivity index (χ3n) is 6.87. The van der Waals surface area contributed by atoms with Crippen molar-refractivity contribution in [3.8, 4) is 22.3 Å². The van der Waals surface area contributed by atoms with Crippen LogP contribution in [0.5, 0.6) is 0 Å². The van der Waals surface area contributed by atoms with Gasteiger partial charge in [0.15, 0.2) is 0 Å². The SMILES string of the molecule is CC(C)(C)c1cc(-c2ccccc2)c(Nc2csc3ccc(C(C)(C)C)cc23)c(-c2ccccc2)c1. The molecular formula is C34H35NS. The minimum Gasteiger partial charge on any atom is -0.353 e. The lowest BCUT2D eigenvalue weighted by atomic mass is 9.82. The molecule has 0 atom stereocenters. The molecule has 0 amide bonds. The molecule has 36 heavy (non-hydrogen) atoms. The maximum Gasteiger partial charge on any atom is 0.0573 e. The molecule has 0 spiro atoms. The fraction of sp³-hybridized carbons (Fsp3) is 0.235. The van der Waals surface area contributed by atoms with Crippen LogP contribution in [0.1, 0.15) is 52.7 Å². The molecule has 2 heteroatoms. The molecule has 0 aliphatic rings. The van der Waals surface area contributed by atoms with Gasteiger partial charge in [-0.3, -0.25) is 0 Å². The van der Waals surface area contributed by atoms with Crippen molar-refractivity contribution in [1.82, 2.24) is 0 Å². The van der Waals surface area contributed by atoms with Gasteiger partial charge in [0.2, 0.25) is 0 Å². The summed E-state index contributed by atoms with van der Waals surface area (Å²) in [4.78, 5) is 0. The highest BCUT2D eigenvalue weighted by molar-refractivity contribution is 7.17. The van der Waals surface area contributed by atoms with Gasteiger partial charge in [0.1, 0.15) is 0 Å². The van der Waals surface area contributed by atoms with E-state index in [0.717, 1.165) is 5.69 Å². The molecule has 0 saturated carbocycles. The Bertz CT molecular complexity index is 1440. The van der Waals surface area contributed by atoms with Crippen molar-refractivity contribution in [2.45, 2.75) is 52.4 Å². The number of rotatable bonds is 4. The van der Waals surface area contributed by atoms with E-state index < -0.39 is 0 Å². The van der Waals surface area contributed by atoms with E-state index in [1.165, 1.54) is 49.2 Å². The summed E-state index contributed by atoms with van der Waals surface area (Å²) in [7, 11) is 0. The number of hydrogen-bond donors (Lipinski definition) is 1. The lowest BCUT2D eigenvalue weighted by molar-refractivity contribution is 0.590. The lowest BCUT2D eigenvalue weighted by Crippen LogP contribution is -2.12. The Morgan fingerprint density at radius 2 is 1.11 bits per heavy atom. The van der Waals surface area contributed by atoms with E-state index in [1.54, 1.807) is 11.3 Å². The van der Waals surface area contributed by atoms with Crippen LogP contribution in [0.25, 0.3) is 32.3 Å². The highest BCUT2D eigenvalue weighted by Gasteiger charge is 2.22. The fourth-order valence-electron chi connectivity index (χ4n) is 4.63. The number of benzene rings is 4. The zero-order valence-corrected chi connectivity index (χ0v) is 23.0. The van der Waals surface area contributed by atoms with Gasteiger partial charge in [-0.2, -0.15) is 0 Å². The molecule has 0 radical (unpaired) electrons. The highest BCUT2D eigenvalue weighted by atomic mass is 32.1. The van der Waals surface area contributed by atoms with E-state index in [9.17, 15) is 0 Å². The summed E-state index contributed by atoms with van der Waals surface area (Å²) in [6, 6.07) is 33.2. The largest absolute Gasteiger partial charge is 0.353 e. The molecule has 0 saturated heterocycles. The predicted molar refractivity (Wildman–Crippen MR) is 160 cm³/mol. The molecule has 0 unspecified atom stereocenters. The topological polar surface area (TPSA) is 12.0 Å².